The first-order chi connectivity index (χ1) is 15.0. The van der Waals surface area contributed by atoms with Crippen LogP contribution < -0.4 is 0 Å². The lowest BCUT2D eigenvalue weighted by Gasteiger charge is -2.12. The molecule has 31 heavy (non-hydrogen) atoms. The summed E-state index contributed by atoms with van der Waals surface area (Å²) in [6.45, 7) is 3.94. The Morgan fingerprint density at radius 3 is 2.45 bits per heavy atom. The highest BCUT2D eigenvalue weighted by Gasteiger charge is 2.28. The number of esters is 1. The van der Waals surface area contributed by atoms with Crippen molar-refractivity contribution in [1.82, 2.24) is 4.57 Å². The van der Waals surface area contributed by atoms with E-state index in [0.29, 0.717) is 17.8 Å². The topological polar surface area (TPSA) is 74.4 Å². The molecule has 0 bridgehead atoms. The van der Waals surface area contributed by atoms with Gasteiger partial charge in [-0.2, -0.15) is 0 Å². The molecule has 4 rings (SSSR count). The van der Waals surface area contributed by atoms with Crippen LogP contribution >= 0.6 is 0 Å². The van der Waals surface area contributed by atoms with Crippen LogP contribution in [0.1, 0.15) is 34.1 Å². The predicted molar refractivity (Wildman–Crippen MR) is 120 cm³/mol. The Labute approximate surface area is 179 Å². The monoisotopic (exact) mass is 414 g/mol. The zero-order valence-corrected chi connectivity index (χ0v) is 17.4. The lowest BCUT2D eigenvalue weighted by molar-refractivity contribution is -0.384. The number of hydrogen-bond acceptors (Lipinski definition) is 4. The first-order valence-electron chi connectivity index (χ1n) is 10.1. The molecular formula is C25H22N2O4. The zero-order chi connectivity index (χ0) is 22.0. The fraction of sp³-hybridized carbons (Fsp3) is 0.160. The van der Waals surface area contributed by atoms with Gasteiger partial charge in [-0.1, -0.05) is 54.1 Å². The highest BCUT2D eigenvalue weighted by Crippen LogP contribution is 2.35. The third-order valence-corrected chi connectivity index (χ3v) is 5.24. The van der Waals surface area contributed by atoms with Crippen LogP contribution in [0.5, 0.6) is 0 Å². The molecule has 0 atom stereocenters. The first kappa shape index (κ1) is 20.3. The van der Waals surface area contributed by atoms with E-state index in [0.717, 1.165) is 27.6 Å². The number of ether oxygens (including phenoxy) is 1. The number of para-hydroxylation sites is 2. The molecule has 0 spiro atoms. The van der Waals surface area contributed by atoms with Crippen LogP contribution in [0.2, 0.25) is 0 Å². The molecule has 1 heterocycles. The Bertz CT molecular complexity index is 1280. The number of nitro groups is 1. The molecule has 0 saturated heterocycles. The van der Waals surface area contributed by atoms with Crippen molar-refractivity contribution in [3.05, 3.63) is 105 Å². The average molecular weight is 414 g/mol. The molecule has 6 heteroatoms. The number of nitrogens with zero attached hydrogens (tertiary/aromatic N) is 2. The lowest BCUT2D eigenvalue weighted by Crippen LogP contribution is -2.14. The summed E-state index contributed by atoms with van der Waals surface area (Å²) in [5.74, 6) is -0.500. The molecule has 4 aromatic rings. The van der Waals surface area contributed by atoms with Crippen molar-refractivity contribution in [2.24, 2.45) is 0 Å². The maximum absolute atomic E-state index is 13.2. The molecule has 156 valence electrons. The molecule has 0 unspecified atom stereocenters. The molecule has 0 aliphatic rings. The molecule has 0 aliphatic heterocycles. The van der Waals surface area contributed by atoms with Gasteiger partial charge in [0.1, 0.15) is 11.4 Å². The van der Waals surface area contributed by atoms with E-state index in [-0.39, 0.29) is 12.3 Å². The predicted octanol–water partition coefficient (Wildman–Crippen LogP) is 5.61. The van der Waals surface area contributed by atoms with Gasteiger partial charge in [0.05, 0.1) is 17.0 Å². The molecule has 0 fully saturated rings. The summed E-state index contributed by atoms with van der Waals surface area (Å²) in [5, 5.41) is 12.6. The zero-order valence-electron chi connectivity index (χ0n) is 17.4. The molecule has 1 aromatic heterocycles. The minimum atomic E-state index is -0.500. The van der Waals surface area contributed by atoms with Crippen LogP contribution in [0.4, 0.5) is 5.69 Å². The van der Waals surface area contributed by atoms with Crippen molar-refractivity contribution in [3.63, 3.8) is 0 Å². The Kier molecular flexibility index (Phi) is 5.54. The number of rotatable bonds is 6. The Hall–Kier alpha value is -3.93. The van der Waals surface area contributed by atoms with Gasteiger partial charge in [-0.05, 0) is 43.2 Å². The highest BCUT2D eigenvalue weighted by molar-refractivity contribution is 6.01. The van der Waals surface area contributed by atoms with Crippen molar-refractivity contribution >= 4 is 22.6 Å². The Morgan fingerprint density at radius 1 is 1.03 bits per heavy atom. The average Bonchev–Trinajstić information content (AvgIpc) is 3.08. The molecule has 0 radical (unpaired) electrons. The number of carbonyl (C=O) groups is 1. The molecule has 0 amide bonds. The maximum atomic E-state index is 13.2. The summed E-state index contributed by atoms with van der Waals surface area (Å²) in [5.41, 5.74) is 4.18. The number of nitro benzene ring substituents is 1. The van der Waals surface area contributed by atoms with Crippen LogP contribution in [0, 0.1) is 17.0 Å². The van der Waals surface area contributed by atoms with Gasteiger partial charge in [-0.25, -0.2) is 4.79 Å². The van der Waals surface area contributed by atoms with E-state index >= 15 is 0 Å². The quantitative estimate of drug-likeness (QED) is 0.233. The molecule has 6 nitrogen and oxygen atoms in total. The van der Waals surface area contributed by atoms with Crippen LogP contribution in [0.15, 0.2) is 72.8 Å². The fourth-order valence-electron chi connectivity index (χ4n) is 3.92. The smallest absolute Gasteiger partial charge is 0.355 e. The van der Waals surface area contributed by atoms with E-state index in [1.807, 2.05) is 55.5 Å². The number of carbonyl (C=O) groups excluding carboxylic acids is 1. The second-order valence-corrected chi connectivity index (χ2v) is 7.31. The van der Waals surface area contributed by atoms with Crippen molar-refractivity contribution in [2.75, 3.05) is 6.61 Å². The van der Waals surface area contributed by atoms with Gasteiger partial charge in [-0.3, -0.25) is 14.7 Å². The van der Waals surface area contributed by atoms with Crippen LogP contribution in [0.3, 0.4) is 0 Å². The third kappa shape index (κ3) is 3.80. The van der Waals surface area contributed by atoms with Gasteiger partial charge in [0, 0.05) is 17.9 Å². The van der Waals surface area contributed by atoms with Crippen LogP contribution in [-0.4, -0.2) is 22.1 Å². The normalized spacial score (nSPS) is 10.9. The van der Waals surface area contributed by atoms with Gasteiger partial charge in [0.15, 0.2) is 0 Å². The van der Waals surface area contributed by atoms with Gasteiger partial charge in [-0.15, -0.1) is 0 Å². The summed E-state index contributed by atoms with van der Waals surface area (Å²) in [6, 6.07) is 22.1. The maximum Gasteiger partial charge on any atom is 0.355 e. The third-order valence-electron chi connectivity index (χ3n) is 5.24. The van der Waals surface area contributed by atoms with E-state index in [9.17, 15) is 14.9 Å². The van der Waals surface area contributed by atoms with Gasteiger partial charge < -0.3 is 4.74 Å². The molecule has 3 aromatic carbocycles. The standard InChI is InChI=1S/C25H22N2O4/c1-3-31-25(28)24-20(16-18-9-5-4-6-10-18)19-15-17(2)13-14-21(19)26(24)22-11-7-8-12-23(22)27(29)30/h4-15H,3,16H2,1-2H3. The summed E-state index contributed by atoms with van der Waals surface area (Å²) in [4.78, 5) is 24.5. The summed E-state index contributed by atoms with van der Waals surface area (Å²) in [7, 11) is 0. The number of aryl methyl sites for hydroxylation is 1. The number of aromatic nitrogens is 1. The Morgan fingerprint density at radius 2 is 1.74 bits per heavy atom. The number of hydrogen-bond donors (Lipinski definition) is 0. The molecule has 0 aliphatic carbocycles. The van der Waals surface area contributed by atoms with Gasteiger partial charge >= 0.3 is 5.97 Å². The second kappa shape index (κ2) is 8.44. The molecular weight excluding hydrogens is 392 g/mol. The van der Waals surface area contributed by atoms with E-state index in [1.54, 1.807) is 29.7 Å². The van der Waals surface area contributed by atoms with Crippen LogP contribution in [0.25, 0.3) is 16.6 Å². The van der Waals surface area contributed by atoms with E-state index in [4.69, 9.17) is 4.74 Å². The van der Waals surface area contributed by atoms with Crippen molar-refractivity contribution in [1.29, 1.82) is 0 Å². The largest absolute Gasteiger partial charge is 0.461 e. The van der Waals surface area contributed by atoms with Crippen molar-refractivity contribution in [2.45, 2.75) is 20.3 Å². The summed E-state index contributed by atoms with van der Waals surface area (Å²) < 4.78 is 7.07. The van der Waals surface area contributed by atoms with Gasteiger partial charge in [0.2, 0.25) is 0 Å². The summed E-state index contributed by atoms with van der Waals surface area (Å²) in [6.07, 6.45) is 0.503. The minimum absolute atomic E-state index is 0.0724. The SMILES string of the molecule is CCOC(=O)c1c(Cc2ccccc2)c2cc(C)ccc2n1-c1ccccc1[N+](=O)[O-]. The Balaban J connectivity index is 2.09. The fourth-order valence-corrected chi connectivity index (χ4v) is 3.92. The van der Waals surface area contributed by atoms with Gasteiger partial charge in [0.25, 0.3) is 5.69 Å². The van der Waals surface area contributed by atoms with E-state index < -0.39 is 10.9 Å². The second-order valence-electron chi connectivity index (χ2n) is 7.31. The van der Waals surface area contributed by atoms with Crippen molar-refractivity contribution in [3.8, 4) is 5.69 Å². The molecule has 0 N–H and O–H groups in total. The molecule has 0 saturated carbocycles. The van der Waals surface area contributed by atoms with Crippen molar-refractivity contribution < 1.29 is 14.5 Å². The minimum Gasteiger partial charge on any atom is -0.461 e. The van der Waals surface area contributed by atoms with E-state index in [1.165, 1.54) is 6.07 Å². The highest BCUT2D eigenvalue weighted by atomic mass is 16.6. The number of fused-ring (bicyclic) bond motifs is 1. The van der Waals surface area contributed by atoms with Crippen LogP contribution in [-0.2, 0) is 11.2 Å². The number of benzene rings is 3. The van der Waals surface area contributed by atoms with E-state index in [2.05, 4.69) is 0 Å². The summed E-state index contributed by atoms with van der Waals surface area (Å²) >= 11 is 0. The first-order valence-corrected chi connectivity index (χ1v) is 10.1. The lowest BCUT2D eigenvalue weighted by atomic mass is 10.0.